The molecule has 0 heterocycles. The minimum Gasteiger partial charge on any atom is -0.296 e. The Kier molecular flexibility index (Phi) is 2.75. The van der Waals surface area contributed by atoms with Crippen LogP contribution >= 0.6 is 15.9 Å². The van der Waals surface area contributed by atoms with Crippen LogP contribution in [0.5, 0.6) is 0 Å². The maximum atomic E-state index is 12.0. The van der Waals surface area contributed by atoms with Crippen molar-refractivity contribution in [2.24, 2.45) is 0 Å². The second-order valence-corrected chi connectivity index (χ2v) is 3.30. The maximum Gasteiger partial charge on any atom is 0.433 e. The van der Waals surface area contributed by atoms with Crippen molar-refractivity contribution in [3.8, 4) is 0 Å². The molecule has 0 saturated carbocycles. The summed E-state index contributed by atoms with van der Waals surface area (Å²) in [7, 11) is 0. The molecule has 0 aliphatic heterocycles. The van der Waals surface area contributed by atoms with E-state index in [-0.39, 0.29) is 5.56 Å². The molecular weight excluding hydrogens is 247 g/mol. The summed E-state index contributed by atoms with van der Waals surface area (Å²) in [5.74, 6) is 0. The standard InChI is InChI=1S/C8H5BrF3N/c9-6-3-1-2-5(4-6)7(13)8(10,11)12/h1-4,13H. The van der Waals surface area contributed by atoms with Gasteiger partial charge in [0.2, 0.25) is 0 Å². The van der Waals surface area contributed by atoms with E-state index in [0.29, 0.717) is 4.47 Å². The van der Waals surface area contributed by atoms with Crippen LogP contribution in [0.1, 0.15) is 5.56 Å². The van der Waals surface area contributed by atoms with Crippen molar-refractivity contribution >= 4 is 21.6 Å². The van der Waals surface area contributed by atoms with Crippen molar-refractivity contribution < 1.29 is 13.2 Å². The summed E-state index contributed by atoms with van der Waals surface area (Å²) in [6, 6.07) is 5.57. The highest BCUT2D eigenvalue weighted by Gasteiger charge is 2.35. The molecule has 0 bridgehead atoms. The van der Waals surface area contributed by atoms with Gasteiger partial charge in [-0.25, -0.2) is 0 Å². The van der Waals surface area contributed by atoms with Crippen LogP contribution in [0.4, 0.5) is 13.2 Å². The van der Waals surface area contributed by atoms with Crippen molar-refractivity contribution in [2.75, 3.05) is 0 Å². The van der Waals surface area contributed by atoms with Crippen LogP contribution < -0.4 is 0 Å². The van der Waals surface area contributed by atoms with E-state index in [0.717, 1.165) is 0 Å². The fourth-order valence-electron chi connectivity index (χ4n) is 0.808. The summed E-state index contributed by atoms with van der Waals surface area (Å²) in [5.41, 5.74) is -1.46. The average Bonchev–Trinajstić information content (AvgIpc) is 2.01. The molecule has 70 valence electrons. The first-order chi connectivity index (χ1) is 5.91. The Labute approximate surface area is 81.2 Å². The lowest BCUT2D eigenvalue weighted by molar-refractivity contribution is -0.0587. The summed E-state index contributed by atoms with van der Waals surface area (Å²) in [5, 5.41) is 6.83. The van der Waals surface area contributed by atoms with E-state index in [1.165, 1.54) is 18.2 Å². The van der Waals surface area contributed by atoms with E-state index in [1.807, 2.05) is 0 Å². The molecule has 5 heteroatoms. The van der Waals surface area contributed by atoms with Crippen molar-refractivity contribution in [3.05, 3.63) is 34.3 Å². The molecule has 0 aromatic heterocycles. The third-order valence-corrected chi connectivity index (χ3v) is 1.89. The van der Waals surface area contributed by atoms with Crippen LogP contribution in [-0.4, -0.2) is 11.9 Å². The first-order valence-electron chi connectivity index (χ1n) is 3.33. The molecule has 1 N–H and O–H groups in total. The molecule has 1 rings (SSSR count). The van der Waals surface area contributed by atoms with Gasteiger partial charge in [-0.05, 0) is 12.1 Å². The Hall–Kier alpha value is -0.840. The highest BCUT2D eigenvalue weighted by atomic mass is 79.9. The van der Waals surface area contributed by atoms with Crippen LogP contribution in [0, 0.1) is 5.41 Å². The van der Waals surface area contributed by atoms with Gasteiger partial charge in [0.1, 0.15) is 5.71 Å². The molecule has 1 nitrogen and oxygen atoms in total. The van der Waals surface area contributed by atoms with Gasteiger partial charge in [0.25, 0.3) is 0 Å². The van der Waals surface area contributed by atoms with Crippen LogP contribution in [0.2, 0.25) is 0 Å². The first kappa shape index (κ1) is 10.2. The van der Waals surface area contributed by atoms with E-state index >= 15 is 0 Å². The lowest BCUT2D eigenvalue weighted by Gasteiger charge is -2.07. The smallest absolute Gasteiger partial charge is 0.296 e. The summed E-state index contributed by atoms with van der Waals surface area (Å²) in [4.78, 5) is 0. The van der Waals surface area contributed by atoms with Gasteiger partial charge in [-0.2, -0.15) is 13.2 Å². The number of rotatable bonds is 1. The molecule has 0 aliphatic rings. The molecule has 0 unspecified atom stereocenters. The maximum absolute atomic E-state index is 12.0. The topological polar surface area (TPSA) is 23.9 Å². The quantitative estimate of drug-likeness (QED) is 0.741. The summed E-state index contributed by atoms with van der Waals surface area (Å²) >= 11 is 3.03. The van der Waals surface area contributed by atoms with E-state index < -0.39 is 11.9 Å². The molecule has 0 atom stereocenters. The second-order valence-electron chi connectivity index (χ2n) is 2.38. The van der Waals surface area contributed by atoms with E-state index in [9.17, 15) is 13.2 Å². The lowest BCUT2D eigenvalue weighted by atomic mass is 10.1. The highest BCUT2D eigenvalue weighted by Crippen LogP contribution is 2.22. The normalized spacial score (nSPS) is 11.4. The Bertz CT molecular complexity index is 332. The lowest BCUT2D eigenvalue weighted by Crippen LogP contribution is -2.22. The SMILES string of the molecule is N=C(c1cccc(Br)c1)C(F)(F)F. The third-order valence-electron chi connectivity index (χ3n) is 1.40. The molecule has 1 aromatic rings. The number of benzene rings is 1. The molecule has 0 amide bonds. The monoisotopic (exact) mass is 251 g/mol. The van der Waals surface area contributed by atoms with Gasteiger partial charge in [-0.3, -0.25) is 5.41 Å². The predicted molar refractivity (Wildman–Crippen MR) is 47.0 cm³/mol. The van der Waals surface area contributed by atoms with Gasteiger partial charge in [0.15, 0.2) is 0 Å². The van der Waals surface area contributed by atoms with E-state index in [2.05, 4.69) is 15.9 Å². The first-order valence-corrected chi connectivity index (χ1v) is 4.12. The molecule has 13 heavy (non-hydrogen) atoms. The predicted octanol–water partition coefficient (Wildman–Crippen LogP) is 3.38. The molecule has 0 aliphatic carbocycles. The average molecular weight is 252 g/mol. The highest BCUT2D eigenvalue weighted by molar-refractivity contribution is 9.10. The van der Waals surface area contributed by atoms with Crippen molar-refractivity contribution in [2.45, 2.75) is 6.18 Å². The van der Waals surface area contributed by atoms with Crippen molar-refractivity contribution in [3.63, 3.8) is 0 Å². The number of nitrogens with one attached hydrogen (secondary N) is 1. The Morgan fingerprint density at radius 2 is 1.92 bits per heavy atom. The van der Waals surface area contributed by atoms with Crippen molar-refractivity contribution in [1.82, 2.24) is 0 Å². The van der Waals surface area contributed by atoms with Gasteiger partial charge in [-0.1, -0.05) is 28.1 Å². The Balaban J connectivity index is 3.03. The fourth-order valence-corrected chi connectivity index (χ4v) is 1.21. The van der Waals surface area contributed by atoms with Gasteiger partial charge in [-0.15, -0.1) is 0 Å². The summed E-state index contributed by atoms with van der Waals surface area (Å²) in [6.07, 6.45) is -4.58. The van der Waals surface area contributed by atoms with Gasteiger partial charge in [0.05, 0.1) is 0 Å². The number of hydrogen-bond donors (Lipinski definition) is 1. The van der Waals surface area contributed by atoms with Crippen LogP contribution in [0.3, 0.4) is 0 Å². The fraction of sp³-hybridized carbons (Fsp3) is 0.125. The summed E-state index contributed by atoms with van der Waals surface area (Å²) < 4.78 is 36.6. The minimum atomic E-state index is -4.58. The molecule has 0 spiro atoms. The second kappa shape index (κ2) is 3.49. The van der Waals surface area contributed by atoms with Crippen molar-refractivity contribution in [1.29, 1.82) is 5.41 Å². The number of halogens is 4. The zero-order valence-corrected chi connectivity index (χ0v) is 7.91. The zero-order chi connectivity index (χ0) is 10.1. The van der Waals surface area contributed by atoms with Crippen LogP contribution in [-0.2, 0) is 0 Å². The van der Waals surface area contributed by atoms with Gasteiger partial charge in [0, 0.05) is 10.0 Å². The van der Waals surface area contributed by atoms with Crippen LogP contribution in [0.25, 0.3) is 0 Å². The number of hydrogen-bond acceptors (Lipinski definition) is 1. The Morgan fingerprint density at radius 3 is 2.38 bits per heavy atom. The van der Waals surface area contributed by atoms with Crippen LogP contribution in [0.15, 0.2) is 28.7 Å². The zero-order valence-electron chi connectivity index (χ0n) is 6.32. The molecule has 1 aromatic carbocycles. The van der Waals surface area contributed by atoms with E-state index in [4.69, 9.17) is 5.41 Å². The largest absolute Gasteiger partial charge is 0.433 e. The third kappa shape index (κ3) is 2.55. The molecule has 0 saturated heterocycles. The van der Waals surface area contributed by atoms with Gasteiger partial charge < -0.3 is 0 Å². The van der Waals surface area contributed by atoms with E-state index in [1.54, 1.807) is 6.07 Å². The minimum absolute atomic E-state index is 0.137. The molecule has 0 fully saturated rings. The number of alkyl halides is 3. The Morgan fingerprint density at radius 1 is 1.31 bits per heavy atom. The summed E-state index contributed by atoms with van der Waals surface area (Å²) in [6.45, 7) is 0. The van der Waals surface area contributed by atoms with Gasteiger partial charge >= 0.3 is 6.18 Å². The molecular formula is C8H5BrF3N. The molecule has 0 radical (unpaired) electrons.